The van der Waals surface area contributed by atoms with Crippen LogP contribution in [0.25, 0.3) is 0 Å². The second-order valence-electron chi connectivity index (χ2n) is 7.84. The number of nitrogens with one attached hydrogen (secondary N) is 1. The number of anilines is 2. The Balaban J connectivity index is 1.44. The molecule has 2 aromatic rings. The highest BCUT2D eigenvalue weighted by molar-refractivity contribution is 6.04. The van der Waals surface area contributed by atoms with Crippen LogP contribution in [0.4, 0.5) is 11.4 Å². The van der Waals surface area contributed by atoms with Crippen molar-refractivity contribution in [1.29, 1.82) is 0 Å². The van der Waals surface area contributed by atoms with Gasteiger partial charge in [0.2, 0.25) is 11.8 Å². The fourth-order valence-corrected chi connectivity index (χ4v) is 4.09. The van der Waals surface area contributed by atoms with E-state index in [4.69, 9.17) is 9.47 Å². The largest absolute Gasteiger partial charge is 0.492 e. The molecule has 0 spiro atoms. The summed E-state index contributed by atoms with van der Waals surface area (Å²) in [5, 5.41) is 3.07. The number of amides is 2. The normalized spacial score (nSPS) is 19.5. The summed E-state index contributed by atoms with van der Waals surface area (Å²) in [6, 6.07) is 15.3. The molecule has 7 heteroatoms. The Hall–Kier alpha value is -2.90. The Labute approximate surface area is 182 Å². The third-order valence-electron chi connectivity index (χ3n) is 5.72. The highest BCUT2D eigenvalue weighted by atomic mass is 16.5. The van der Waals surface area contributed by atoms with E-state index in [0.29, 0.717) is 18.9 Å². The lowest BCUT2D eigenvalue weighted by Crippen LogP contribution is -2.36. The van der Waals surface area contributed by atoms with Crippen molar-refractivity contribution in [2.75, 3.05) is 49.7 Å². The number of para-hydroxylation sites is 3. The van der Waals surface area contributed by atoms with Crippen molar-refractivity contribution in [3.63, 3.8) is 0 Å². The molecule has 2 fully saturated rings. The van der Waals surface area contributed by atoms with Crippen LogP contribution in [0.1, 0.15) is 18.9 Å². The summed E-state index contributed by atoms with van der Waals surface area (Å²) in [6.45, 7) is 6.77. The first-order valence-electron chi connectivity index (χ1n) is 10.9. The van der Waals surface area contributed by atoms with E-state index in [9.17, 15) is 9.59 Å². The van der Waals surface area contributed by atoms with Crippen molar-refractivity contribution >= 4 is 23.2 Å². The zero-order chi connectivity index (χ0) is 21.6. The molecule has 2 aromatic carbocycles. The minimum absolute atomic E-state index is 0.0612. The number of benzene rings is 2. The standard InChI is InChI=1S/C24H29N3O4/c1-2-31-22-10-6-5-9-21(22)27-17-19(15-23(27)28)24(29)25-20-8-4-3-7-18(20)16-26-11-13-30-14-12-26/h3-10,19H,2,11-17H2,1H3,(H,25,29). The lowest BCUT2D eigenvalue weighted by molar-refractivity contribution is -0.122. The third kappa shape index (κ3) is 5.06. The van der Waals surface area contributed by atoms with Crippen LogP contribution < -0.4 is 15.0 Å². The molecule has 0 aromatic heterocycles. The summed E-state index contributed by atoms with van der Waals surface area (Å²) in [5.41, 5.74) is 2.59. The van der Waals surface area contributed by atoms with Crippen LogP contribution in [-0.4, -0.2) is 56.2 Å². The minimum atomic E-state index is -0.404. The van der Waals surface area contributed by atoms with Crippen LogP contribution in [0.5, 0.6) is 5.75 Å². The Kier molecular flexibility index (Phi) is 6.84. The van der Waals surface area contributed by atoms with E-state index < -0.39 is 5.92 Å². The number of hydrogen-bond donors (Lipinski definition) is 1. The van der Waals surface area contributed by atoms with Gasteiger partial charge in [0.05, 0.1) is 31.4 Å². The van der Waals surface area contributed by atoms with Crippen LogP contribution in [-0.2, 0) is 20.9 Å². The zero-order valence-electron chi connectivity index (χ0n) is 17.9. The van der Waals surface area contributed by atoms with E-state index in [2.05, 4.69) is 10.2 Å². The molecule has 2 saturated heterocycles. The summed E-state index contributed by atoms with van der Waals surface area (Å²) in [4.78, 5) is 29.7. The fourth-order valence-electron chi connectivity index (χ4n) is 4.09. The second kappa shape index (κ2) is 9.94. The van der Waals surface area contributed by atoms with Gasteiger partial charge < -0.3 is 19.7 Å². The average molecular weight is 424 g/mol. The number of morpholine rings is 1. The average Bonchev–Trinajstić information content (AvgIpc) is 3.18. The molecule has 7 nitrogen and oxygen atoms in total. The molecule has 31 heavy (non-hydrogen) atoms. The second-order valence-corrected chi connectivity index (χ2v) is 7.84. The molecule has 0 bridgehead atoms. The van der Waals surface area contributed by atoms with Crippen LogP contribution in [0.15, 0.2) is 48.5 Å². The van der Waals surface area contributed by atoms with Gasteiger partial charge in [0.15, 0.2) is 0 Å². The molecule has 4 rings (SSSR count). The van der Waals surface area contributed by atoms with Crippen molar-refractivity contribution < 1.29 is 19.1 Å². The van der Waals surface area contributed by atoms with E-state index in [1.54, 1.807) is 4.90 Å². The first-order chi connectivity index (χ1) is 15.2. The summed E-state index contributed by atoms with van der Waals surface area (Å²) in [7, 11) is 0. The van der Waals surface area contributed by atoms with Crippen molar-refractivity contribution in [1.82, 2.24) is 4.90 Å². The summed E-state index contributed by atoms with van der Waals surface area (Å²) < 4.78 is 11.1. The van der Waals surface area contributed by atoms with Crippen LogP contribution in [0, 0.1) is 5.92 Å². The van der Waals surface area contributed by atoms with E-state index in [-0.39, 0.29) is 18.2 Å². The van der Waals surface area contributed by atoms with E-state index in [1.165, 1.54) is 0 Å². The number of ether oxygens (including phenoxy) is 2. The maximum absolute atomic E-state index is 13.0. The zero-order valence-corrected chi connectivity index (χ0v) is 17.9. The number of nitrogens with zero attached hydrogens (tertiary/aromatic N) is 2. The number of rotatable bonds is 7. The van der Waals surface area contributed by atoms with Crippen molar-refractivity contribution in [2.24, 2.45) is 5.92 Å². The molecule has 1 N–H and O–H groups in total. The Morgan fingerprint density at radius 3 is 2.68 bits per heavy atom. The van der Waals surface area contributed by atoms with Gasteiger partial charge in [-0.05, 0) is 30.7 Å². The third-order valence-corrected chi connectivity index (χ3v) is 5.72. The SMILES string of the molecule is CCOc1ccccc1N1CC(C(=O)Nc2ccccc2CN2CCOCC2)CC1=O. The van der Waals surface area contributed by atoms with Crippen molar-refractivity contribution in [3.8, 4) is 5.75 Å². The van der Waals surface area contributed by atoms with Gasteiger partial charge >= 0.3 is 0 Å². The lowest BCUT2D eigenvalue weighted by atomic mass is 10.1. The predicted molar refractivity (Wildman–Crippen MR) is 119 cm³/mol. The molecule has 0 aliphatic carbocycles. The van der Waals surface area contributed by atoms with Gasteiger partial charge in [0.1, 0.15) is 5.75 Å². The van der Waals surface area contributed by atoms with Gasteiger partial charge in [-0.3, -0.25) is 14.5 Å². The number of carbonyl (C=O) groups is 2. The quantitative estimate of drug-likeness (QED) is 0.742. The lowest BCUT2D eigenvalue weighted by Gasteiger charge is -2.27. The molecule has 1 unspecified atom stereocenters. The summed E-state index contributed by atoms with van der Waals surface area (Å²) in [5.74, 6) is 0.0713. The summed E-state index contributed by atoms with van der Waals surface area (Å²) in [6.07, 6.45) is 0.192. The van der Waals surface area contributed by atoms with Gasteiger partial charge in [-0.25, -0.2) is 0 Å². The van der Waals surface area contributed by atoms with Crippen LogP contribution in [0.2, 0.25) is 0 Å². The Bertz CT molecular complexity index is 927. The molecule has 0 saturated carbocycles. The summed E-state index contributed by atoms with van der Waals surface area (Å²) >= 11 is 0. The Morgan fingerprint density at radius 2 is 1.87 bits per heavy atom. The van der Waals surface area contributed by atoms with Gasteiger partial charge in [0, 0.05) is 38.3 Å². The highest BCUT2D eigenvalue weighted by Gasteiger charge is 2.36. The van der Waals surface area contributed by atoms with E-state index in [1.807, 2.05) is 55.5 Å². The van der Waals surface area contributed by atoms with Crippen molar-refractivity contribution in [3.05, 3.63) is 54.1 Å². The minimum Gasteiger partial charge on any atom is -0.492 e. The predicted octanol–water partition coefficient (Wildman–Crippen LogP) is 2.91. The van der Waals surface area contributed by atoms with Crippen LogP contribution in [0.3, 0.4) is 0 Å². The smallest absolute Gasteiger partial charge is 0.229 e. The number of carbonyl (C=O) groups excluding carboxylic acids is 2. The molecule has 0 radical (unpaired) electrons. The topological polar surface area (TPSA) is 71.1 Å². The fraction of sp³-hybridized carbons (Fsp3) is 0.417. The maximum Gasteiger partial charge on any atom is 0.229 e. The Morgan fingerprint density at radius 1 is 1.13 bits per heavy atom. The highest BCUT2D eigenvalue weighted by Crippen LogP contribution is 2.33. The van der Waals surface area contributed by atoms with Crippen molar-refractivity contribution in [2.45, 2.75) is 19.9 Å². The first kappa shape index (κ1) is 21.3. The molecular formula is C24H29N3O4. The molecule has 2 aliphatic heterocycles. The number of hydrogen-bond acceptors (Lipinski definition) is 5. The molecule has 2 aliphatic rings. The maximum atomic E-state index is 13.0. The van der Waals surface area contributed by atoms with Gasteiger partial charge in [0.25, 0.3) is 0 Å². The molecular weight excluding hydrogens is 394 g/mol. The molecule has 2 amide bonds. The van der Waals surface area contributed by atoms with E-state index in [0.717, 1.165) is 49.8 Å². The van der Waals surface area contributed by atoms with Gasteiger partial charge in [-0.2, -0.15) is 0 Å². The van der Waals surface area contributed by atoms with Gasteiger partial charge in [-0.15, -0.1) is 0 Å². The molecule has 164 valence electrons. The molecule has 1 atom stereocenters. The van der Waals surface area contributed by atoms with Crippen LogP contribution >= 0.6 is 0 Å². The monoisotopic (exact) mass is 423 g/mol. The molecule has 2 heterocycles. The first-order valence-corrected chi connectivity index (χ1v) is 10.9. The van der Waals surface area contributed by atoms with E-state index >= 15 is 0 Å². The van der Waals surface area contributed by atoms with Gasteiger partial charge in [-0.1, -0.05) is 30.3 Å².